The first-order chi connectivity index (χ1) is 18.1. The van der Waals surface area contributed by atoms with E-state index < -0.39 is 11.6 Å². The van der Waals surface area contributed by atoms with Crippen LogP contribution in [0.15, 0.2) is 55.0 Å². The molecule has 1 saturated heterocycles. The van der Waals surface area contributed by atoms with Crippen LogP contribution in [0.2, 0.25) is 0 Å². The number of hydrogen-bond donors (Lipinski definition) is 1. The molecule has 0 radical (unpaired) electrons. The van der Waals surface area contributed by atoms with Crippen LogP contribution >= 0.6 is 0 Å². The molecule has 1 aromatic carbocycles. The van der Waals surface area contributed by atoms with Crippen LogP contribution in [0.25, 0.3) is 0 Å². The highest BCUT2D eigenvalue weighted by atomic mass is 16.6. The lowest BCUT2D eigenvalue weighted by Gasteiger charge is -2.34. The summed E-state index contributed by atoms with van der Waals surface area (Å²) in [6.07, 6.45) is 6.82. The zero-order chi connectivity index (χ0) is 27.3. The number of aryl methyl sites for hydroxylation is 1. The average molecular weight is 519 g/mol. The van der Waals surface area contributed by atoms with Crippen LogP contribution in [0.4, 0.5) is 22.0 Å². The number of anilines is 3. The maximum Gasteiger partial charge on any atom is 0.416 e. The fourth-order valence-corrected chi connectivity index (χ4v) is 4.57. The molecule has 1 fully saturated rings. The Bertz CT molecular complexity index is 1230. The minimum Gasteiger partial charge on any atom is -0.447 e. The molecular weight excluding hydrogens is 480 g/mol. The quantitative estimate of drug-likeness (QED) is 0.443. The van der Waals surface area contributed by atoms with E-state index in [2.05, 4.69) is 33.3 Å². The fourth-order valence-electron chi connectivity index (χ4n) is 4.57. The van der Waals surface area contributed by atoms with Crippen LogP contribution in [0, 0.1) is 12.8 Å². The third-order valence-corrected chi connectivity index (χ3v) is 6.72. The first kappa shape index (κ1) is 27.2. The zero-order valence-electron chi connectivity index (χ0n) is 23.0. The number of benzene rings is 1. The van der Waals surface area contributed by atoms with E-state index in [9.17, 15) is 9.59 Å². The largest absolute Gasteiger partial charge is 0.447 e. The molecule has 0 unspecified atom stereocenters. The predicted octanol–water partition coefficient (Wildman–Crippen LogP) is 5.52. The van der Waals surface area contributed by atoms with Gasteiger partial charge in [-0.2, -0.15) is 5.10 Å². The van der Waals surface area contributed by atoms with Crippen LogP contribution in [0.1, 0.15) is 56.5 Å². The first-order valence-electron chi connectivity index (χ1n) is 13.2. The van der Waals surface area contributed by atoms with Crippen molar-refractivity contribution in [2.24, 2.45) is 5.92 Å². The second kappa shape index (κ2) is 11.7. The Morgan fingerprint density at radius 3 is 2.55 bits per heavy atom. The van der Waals surface area contributed by atoms with Crippen LogP contribution in [0.5, 0.6) is 0 Å². The fraction of sp³-hybridized carbons (Fsp3) is 0.448. The molecule has 1 aliphatic rings. The molecule has 38 heavy (non-hydrogen) atoms. The van der Waals surface area contributed by atoms with Gasteiger partial charge < -0.3 is 15.0 Å². The minimum atomic E-state index is -0.566. The van der Waals surface area contributed by atoms with E-state index in [0.29, 0.717) is 29.5 Å². The second-order valence-corrected chi connectivity index (χ2v) is 10.9. The third-order valence-electron chi connectivity index (χ3n) is 6.72. The molecule has 3 heterocycles. The van der Waals surface area contributed by atoms with E-state index in [1.807, 2.05) is 52.1 Å². The minimum absolute atomic E-state index is 0.182. The Morgan fingerprint density at radius 1 is 1.16 bits per heavy atom. The van der Waals surface area contributed by atoms with Crippen LogP contribution < -0.4 is 15.1 Å². The number of piperidine rings is 1. The van der Waals surface area contributed by atoms with Crippen LogP contribution in [-0.2, 0) is 11.3 Å². The Kier molecular flexibility index (Phi) is 8.34. The normalized spacial score (nSPS) is 14.3. The van der Waals surface area contributed by atoms with E-state index in [4.69, 9.17) is 4.74 Å². The topological polar surface area (TPSA) is 92.6 Å². The van der Waals surface area contributed by atoms with Gasteiger partial charge in [-0.3, -0.25) is 14.4 Å². The van der Waals surface area contributed by atoms with Gasteiger partial charge in [0, 0.05) is 36.7 Å². The molecule has 0 bridgehead atoms. The van der Waals surface area contributed by atoms with Crippen molar-refractivity contribution in [3.63, 3.8) is 0 Å². The van der Waals surface area contributed by atoms with Crippen molar-refractivity contribution in [3.8, 4) is 0 Å². The van der Waals surface area contributed by atoms with Crippen LogP contribution in [0.3, 0.4) is 0 Å². The van der Waals surface area contributed by atoms with Gasteiger partial charge in [0.2, 0.25) is 0 Å². The first-order valence-corrected chi connectivity index (χ1v) is 13.2. The Balaban J connectivity index is 1.45. The molecule has 2 aromatic heterocycles. The maximum absolute atomic E-state index is 13.3. The SMILES string of the molecule is Cc1ccc(C(=O)Nc2ccc(N(C(=O)OCCn3cccn3)C(C)(C)C)nc2)c(N2CCC(C)CC2)c1. The molecule has 9 nitrogen and oxygen atoms in total. The molecule has 0 spiro atoms. The highest BCUT2D eigenvalue weighted by Gasteiger charge is 2.30. The third kappa shape index (κ3) is 6.70. The number of ether oxygens (including phenoxy) is 1. The second-order valence-electron chi connectivity index (χ2n) is 10.9. The molecule has 1 N–H and O–H groups in total. The van der Waals surface area contributed by atoms with Crippen molar-refractivity contribution in [3.05, 3.63) is 66.1 Å². The number of amides is 2. The standard InChI is InChI=1S/C29H38N6O3/c1-21-11-15-33(16-12-21)25-19-22(2)7-9-24(25)27(36)32-23-8-10-26(30-20-23)35(29(3,4)5)28(37)38-18-17-34-14-6-13-31-34/h6-10,13-14,19-21H,11-12,15-18H2,1-5H3,(H,32,36). The van der Waals surface area contributed by atoms with E-state index in [1.54, 1.807) is 29.2 Å². The Morgan fingerprint density at radius 2 is 1.92 bits per heavy atom. The van der Waals surface area contributed by atoms with Crippen molar-refractivity contribution < 1.29 is 14.3 Å². The lowest BCUT2D eigenvalue weighted by molar-refractivity contribution is 0.102. The van der Waals surface area contributed by atoms with Gasteiger partial charge in [-0.1, -0.05) is 13.0 Å². The summed E-state index contributed by atoms with van der Waals surface area (Å²) in [7, 11) is 0. The monoisotopic (exact) mass is 518 g/mol. The number of nitrogens with zero attached hydrogens (tertiary/aromatic N) is 5. The zero-order valence-corrected chi connectivity index (χ0v) is 23.0. The van der Waals surface area contributed by atoms with E-state index in [-0.39, 0.29) is 12.5 Å². The lowest BCUT2D eigenvalue weighted by Crippen LogP contribution is -2.47. The molecule has 3 aromatic rings. The summed E-state index contributed by atoms with van der Waals surface area (Å²) in [5.74, 6) is 0.969. The number of rotatable bonds is 7. The average Bonchev–Trinajstić information content (AvgIpc) is 3.38. The number of carbonyl (C=O) groups is 2. The van der Waals surface area contributed by atoms with E-state index >= 15 is 0 Å². The highest BCUT2D eigenvalue weighted by Crippen LogP contribution is 2.29. The van der Waals surface area contributed by atoms with Crippen LogP contribution in [-0.4, -0.2) is 52.0 Å². The summed E-state index contributed by atoms with van der Waals surface area (Å²) < 4.78 is 7.21. The number of pyridine rings is 1. The number of aromatic nitrogens is 3. The van der Waals surface area contributed by atoms with Gasteiger partial charge in [-0.25, -0.2) is 9.78 Å². The van der Waals surface area contributed by atoms with Gasteiger partial charge in [-0.05, 0) is 82.3 Å². The predicted molar refractivity (Wildman–Crippen MR) is 150 cm³/mol. The molecule has 0 atom stereocenters. The molecular formula is C29H38N6O3. The maximum atomic E-state index is 13.3. The number of hydrogen-bond acceptors (Lipinski definition) is 6. The van der Waals surface area contributed by atoms with Crippen molar-refractivity contribution in [2.45, 2.75) is 59.5 Å². The molecule has 9 heteroatoms. The lowest BCUT2D eigenvalue weighted by atomic mass is 9.97. The number of carbonyl (C=O) groups excluding carboxylic acids is 2. The van der Waals surface area contributed by atoms with E-state index in [0.717, 1.165) is 37.2 Å². The van der Waals surface area contributed by atoms with E-state index in [1.165, 1.54) is 4.90 Å². The van der Waals surface area contributed by atoms with Crippen molar-refractivity contribution in [1.82, 2.24) is 14.8 Å². The molecule has 0 aliphatic carbocycles. The van der Waals surface area contributed by atoms with Crippen molar-refractivity contribution >= 4 is 29.2 Å². The van der Waals surface area contributed by atoms with Crippen molar-refractivity contribution in [2.75, 3.05) is 34.8 Å². The summed E-state index contributed by atoms with van der Waals surface area (Å²) in [5.41, 5.74) is 2.73. The Labute approximate surface area is 224 Å². The van der Waals surface area contributed by atoms with Gasteiger partial charge in [0.25, 0.3) is 5.91 Å². The molecule has 0 saturated carbocycles. The van der Waals surface area contributed by atoms with Gasteiger partial charge in [-0.15, -0.1) is 0 Å². The molecule has 1 aliphatic heterocycles. The molecule has 2 amide bonds. The summed E-state index contributed by atoms with van der Waals surface area (Å²) in [5, 5.41) is 7.10. The number of nitrogens with one attached hydrogen (secondary N) is 1. The van der Waals surface area contributed by atoms with Gasteiger partial charge in [0.05, 0.1) is 24.0 Å². The Hall–Kier alpha value is -3.88. The van der Waals surface area contributed by atoms with Gasteiger partial charge in [0.15, 0.2) is 0 Å². The summed E-state index contributed by atoms with van der Waals surface area (Å²) >= 11 is 0. The summed E-state index contributed by atoms with van der Waals surface area (Å²) in [6, 6.07) is 11.2. The van der Waals surface area contributed by atoms with Gasteiger partial charge >= 0.3 is 6.09 Å². The molecule has 202 valence electrons. The summed E-state index contributed by atoms with van der Waals surface area (Å²) in [4.78, 5) is 34.6. The van der Waals surface area contributed by atoms with Gasteiger partial charge in [0.1, 0.15) is 12.4 Å². The highest BCUT2D eigenvalue weighted by molar-refractivity contribution is 6.08. The molecule has 4 rings (SSSR count). The van der Waals surface area contributed by atoms with Crippen molar-refractivity contribution in [1.29, 1.82) is 0 Å². The smallest absolute Gasteiger partial charge is 0.416 e. The summed E-state index contributed by atoms with van der Waals surface area (Å²) in [6.45, 7) is 12.6.